The fourth-order valence-corrected chi connectivity index (χ4v) is 2.68. The van der Waals surface area contributed by atoms with Gasteiger partial charge in [-0.05, 0) is 43.3 Å². The molecule has 0 aliphatic carbocycles. The Morgan fingerprint density at radius 2 is 2.00 bits per heavy atom. The fraction of sp³-hybridized carbons (Fsp3) is 0.250. The van der Waals surface area contributed by atoms with E-state index in [0.717, 1.165) is 22.0 Å². The summed E-state index contributed by atoms with van der Waals surface area (Å²) in [5.74, 6) is 0.436. The highest BCUT2D eigenvalue weighted by atomic mass is 79.9. The van der Waals surface area contributed by atoms with Crippen molar-refractivity contribution in [2.45, 2.75) is 12.5 Å². The molecular weight excluding hydrogens is 321 g/mol. The maximum atomic E-state index is 13.5. The summed E-state index contributed by atoms with van der Waals surface area (Å²) in [6, 6.07) is 12.6. The van der Waals surface area contributed by atoms with Crippen LogP contribution in [0.1, 0.15) is 17.2 Å². The van der Waals surface area contributed by atoms with Crippen LogP contribution in [-0.2, 0) is 6.42 Å². The van der Waals surface area contributed by atoms with E-state index in [9.17, 15) is 4.39 Å². The van der Waals surface area contributed by atoms with Crippen molar-refractivity contribution in [3.8, 4) is 5.75 Å². The van der Waals surface area contributed by atoms with Gasteiger partial charge >= 0.3 is 0 Å². The molecule has 0 radical (unpaired) electrons. The molecule has 1 atom stereocenters. The highest BCUT2D eigenvalue weighted by Crippen LogP contribution is 2.30. The first-order valence-electron chi connectivity index (χ1n) is 6.39. The number of nitrogens with one attached hydrogen (secondary N) is 1. The molecule has 0 fully saturated rings. The second kappa shape index (κ2) is 6.86. The minimum atomic E-state index is -0.256. The lowest BCUT2D eigenvalue weighted by molar-refractivity contribution is 0.399. The van der Waals surface area contributed by atoms with Crippen LogP contribution in [0.4, 0.5) is 4.39 Å². The summed E-state index contributed by atoms with van der Waals surface area (Å²) >= 11 is 3.54. The van der Waals surface area contributed by atoms with Crippen molar-refractivity contribution in [1.29, 1.82) is 0 Å². The zero-order valence-corrected chi connectivity index (χ0v) is 13.1. The molecular formula is C16H17BrFNO. The lowest BCUT2D eigenvalue weighted by Gasteiger charge is -2.20. The standard InChI is InChI=1S/C16H17BrFNO/c1-19-15(9-11-5-3-4-6-14(11)17)13-10-12(18)7-8-16(13)20-2/h3-8,10,15,19H,9H2,1-2H3. The second-order valence-corrected chi connectivity index (χ2v) is 5.38. The van der Waals surface area contributed by atoms with Gasteiger partial charge in [-0.3, -0.25) is 0 Å². The van der Waals surface area contributed by atoms with Crippen LogP contribution in [0.25, 0.3) is 0 Å². The van der Waals surface area contributed by atoms with E-state index in [0.29, 0.717) is 5.75 Å². The molecule has 0 spiro atoms. The predicted molar refractivity (Wildman–Crippen MR) is 82.6 cm³/mol. The summed E-state index contributed by atoms with van der Waals surface area (Å²) in [5.41, 5.74) is 1.99. The van der Waals surface area contributed by atoms with Crippen molar-refractivity contribution in [3.05, 3.63) is 63.9 Å². The Kier molecular flexibility index (Phi) is 5.15. The Hall–Kier alpha value is -1.39. The number of methoxy groups -OCH3 is 1. The number of halogens is 2. The number of ether oxygens (including phenoxy) is 1. The fourth-order valence-electron chi connectivity index (χ4n) is 2.23. The smallest absolute Gasteiger partial charge is 0.123 e. The van der Waals surface area contributed by atoms with Crippen molar-refractivity contribution >= 4 is 15.9 Å². The van der Waals surface area contributed by atoms with E-state index in [-0.39, 0.29) is 11.9 Å². The summed E-state index contributed by atoms with van der Waals surface area (Å²) in [7, 11) is 3.47. The molecule has 0 heterocycles. The van der Waals surface area contributed by atoms with E-state index in [1.807, 2.05) is 25.2 Å². The van der Waals surface area contributed by atoms with Crippen molar-refractivity contribution < 1.29 is 9.13 Å². The number of hydrogen-bond donors (Lipinski definition) is 1. The molecule has 0 amide bonds. The van der Waals surface area contributed by atoms with Crippen molar-refractivity contribution in [2.24, 2.45) is 0 Å². The number of benzene rings is 2. The molecule has 2 nitrogen and oxygen atoms in total. The minimum Gasteiger partial charge on any atom is -0.496 e. The zero-order chi connectivity index (χ0) is 14.5. The number of hydrogen-bond acceptors (Lipinski definition) is 2. The molecule has 2 aromatic carbocycles. The summed E-state index contributed by atoms with van der Waals surface area (Å²) < 4.78 is 19.9. The first kappa shape index (κ1) is 15.0. The first-order valence-corrected chi connectivity index (χ1v) is 7.19. The van der Waals surface area contributed by atoms with E-state index in [1.54, 1.807) is 13.2 Å². The van der Waals surface area contributed by atoms with Crippen LogP contribution in [-0.4, -0.2) is 14.2 Å². The van der Waals surface area contributed by atoms with Gasteiger partial charge in [0.2, 0.25) is 0 Å². The Bertz CT molecular complexity index is 588. The average molecular weight is 338 g/mol. The molecule has 1 unspecified atom stereocenters. The van der Waals surface area contributed by atoms with Crippen LogP contribution >= 0.6 is 15.9 Å². The Morgan fingerprint density at radius 1 is 1.25 bits per heavy atom. The van der Waals surface area contributed by atoms with Gasteiger partial charge in [-0.2, -0.15) is 0 Å². The van der Waals surface area contributed by atoms with Crippen LogP contribution in [0, 0.1) is 5.82 Å². The first-order chi connectivity index (χ1) is 9.65. The lowest BCUT2D eigenvalue weighted by Crippen LogP contribution is -2.20. The van der Waals surface area contributed by atoms with Gasteiger partial charge in [0.25, 0.3) is 0 Å². The van der Waals surface area contributed by atoms with Crippen molar-refractivity contribution in [3.63, 3.8) is 0 Å². The molecule has 106 valence electrons. The van der Waals surface area contributed by atoms with Crippen LogP contribution in [0.15, 0.2) is 46.9 Å². The Balaban J connectivity index is 2.33. The molecule has 20 heavy (non-hydrogen) atoms. The van der Waals surface area contributed by atoms with Crippen LogP contribution in [0.5, 0.6) is 5.75 Å². The van der Waals surface area contributed by atoms with Crippen LogP contribution in [0.2, 0.25) is 0 Å². The van der Waals surface area contributed by atoms with Gasteiger partial charge in [-0.25, -0.2) is 4.39 Å². The van der Waals surface area contributed by atoms with Crippen molar-refractivity contribution in [1.82, 2.24) is 5.32 Å². The van der Waals surface area contributed by atoms with Gasteiger partial charge in [0.05, 0.1) is 7.11 Å². The van der Waals surface area contributed by atoms with Crippen LogP contribution < -0.4 is 10.1 Å². The van der Waals surface area contributed by atoms with Gasteiger partial charge in [-0.1, -0.05) is 34.1 Å². The summed E-state index contributed by atoms with van der Waals surface area (Å²) in [6.07, 6.45) is 0.748. The second-order valence-electron chi connectivity index (χ2n) is 4.52. The normalized spacial score (nSPS) is 12.2. The SMILES string of the molecule is CNC(Cc1ccccc1Br)c1cc(F)ccc1OC. The number of rotatable bonds is 5. The zero-order valence-electron chi connectivity index (χ0n) is 11.5. The monoisotopic (exact) mass is 337 g/mol. The minimum absolute atomic E-state index is 0.0145. The molecule has 0 saturated heterocycles. The number of likely N-dealkylation sites (N-methyl/N-ethyl adjacent to an activating group) is 1. The Morgan fingerprint density at radius 3 is 2.65 bits per heavy atom. The van der Waals surface area contributed by atoms with Crippen molar-refractivity contribution in [2.75, 3.05) is 14.2 Å². The third kappa shape index (κ3) is 3.38. The third-order valence-electron chi connectivity index (χ3n) is 3.30. The highest BCUT2D eigenvalue weighted by Gasteiger charge is 2.17. The highest BCUT2D eigenvalue weighted by molar-refractivity contribution is 9.10. The van der Waals surface area contributed by atoms with Gasteiger partial charge in [0, 0.05) is 16.1 Å². The molecule has 1 N–H and O–H groups in total. The molecule has 0 aromatic heterocycles. The van der Waals surface area contributed by atoms with Crippen LogP contribution in [0.3, 0.4) is 0 Å². The maximum absolute atomic E-state index is 13.5. The molecule has 0 saturated carbocycles. The van der Waals surface area contributed by atoms with Gasteiger partial charge in [-0.15, -0.1) is 0 Å². The molecule has 4 heteroatoms. The summed E-state index contributed by atoms with van der Waals surface area (Å²) in [4.78, 5) is 0. The largest absolute Gasteiger partial charge is 0.496 e. The van der Waals surface area contributed by atoms with E-state index in [1.165, 1.54) is 12.1 Å². The average Bonchev–Trinajstić information content (AvgIpc) is 2.46. The van der Waals surface area contributed by atoms with Gasteiger partial charge in [0.15, 0.2) is 0 Å². The van der Waals surface area contributed by atoms with Gasteiger partial charge < -0.3 is 10.1 Å². The molecule has 2 rings (SSSR count). The van der Waals surface area contributed by atoms with E-state index in [2.05, 4.69) is 27.3 Å². The summed E-state index contributed by atoms with van der Waals surface area (Å²) in [5, 5.41) is 3.23. The maximum Gasteiger partial charge on any atom is 0.123 e. The quantitative estimate of drug-likeness (QED) is 0.886. The van der Waals surface area contributed by atoms with E-state index in [4.69, 9.17) is 4.74 Å². The lowest BCUT2D eigenvalue weighted by atomic mass is 9.98. The molecule has 0 aliphatic rings. The molecule has 0 bridgehead atoms. The molecule has 2 aromatic rings. The van der Waals surface area contributed by atoms with E-state index < -0.39 is 0 Å². The van der Waals surface area contributed by atoms with E-state index >= 15 is 0 Å². The summed E-state index contributed by atoms with van der Waals surface area (Å²) in [6.45, 7) is 0. The topological polar surface area (TPSA) is 21.3 Å². The predicted octanol–water partition coefficient (Wildman–Crippen LogP) is 4.10. The third-order valence-corrected chi connectivity index (χ3v) is 4.07. The molecule has 0 aliphatic heterocycles. The van der Waals surface area contributed by atoms with Gasteiger partial charge in [0.1, 0.15) is 11.6 Å². The Labute approximate surface area is 127 Å².